The van der Waals surface area contributed by atoms with E-state index in [4.69, 9.17) is 0 Å². The first-order valence-electron chi connectivity index (χ1n) is 2.87. The van der Waals surface area contributed by atoms with E-state index < -0.39 is 0 Å². The number of hydrogen-bond donors (Lipinski definition) is 1. The van der Waals surface area contributed by atoms with Gasteiger partial charge in [-0.05, 0) is 27.7 Å². The highest BCUT2D eigenvalue weighted by atomic mass is 32.1. The summed E-state index contributed by atoms with van der Waals surface area (Å²) in [5, 5.41) is 0.417. The van der Waals surface area contributed by atoms with Gasteiger partial charge >= 0.3 is 0 Å². The third-order valence-electron chi connectivity index (χ3n) is 1.42. The van der Waals surface area contributed by atoms with Crippen LogP contribution in [0.1, 0.15) is 27.7 Å². The minimum atomic E-state index is 0.417. The SMILES string of the molecule is CC(C)=C(C)C(C)S. The van der Waals surface area contributed by atoms with Gasteiger partial charge in [0.1, 0.15) is 0 Å². The highest BCUT2D eigenvalue weighted by Gasteiger charge is 1.96. The molecule has 0 fully saturated rings. The first-order valence-corrected chi connectivity index (χ1v) is 3.39. The molecule has 0 heterocycles. The molecule has 0 radical (unpaired) electrons. The molecule has 0 saturated heterocycles. The van der Waals surface area contributed by atoms with Crippen molar-refractivity contribution in [3.05, 3.63) is 11.1 Å². The largest absolute Gasteiger partial charge is 0.172 e. The van der Waals surface area contributed by atoms with E-state index in [0.717, 1.165) is 0 Å². The Kier molecular flexibility index (Phi) is 3.22. The van der Waals surface area contributed by atoms with Gasteiger partial charge in [-0.1, -0.05) is 11.1 Å². The molecule has 1 heteroatoms. The summed E-state index contributed by atoms with van der Waals surface area (Å²) in [5.41, 5.74) is 2.76. The Morgan fingerprint density at radius 1 is 1.25 bits per heavy atom. The van der Waals surface area contributed by atoms with E-state index in [-0.39, 0.29) is 0 Å². The average molecular weight is 130 g/mol. The summed E-state index contributed by atoms with van der Waals surface area (Å²) < 4.78 is 0. The van der Waals surface area contributed by atoms with Crippen molar-refractivity contribution in [1.29, 1.82) is 0 Å². The Morgan fingerprint density at radius 3 is 1.62 bits per heavy atom. The van der Waals surface area contributed by atoms with Gasteiger partial charge in [-0.2, -0.15) is 12.6 Å². The lowest BCUT2D eigenvalue weighted by molar-refractivity contribution is 1.08. The third kappa shape index (κ3) is 2.41. The Bertz CT molecular complexity index is 97.0. The Hall–Kier alpha value is 0.0900. The molecule has 1 atom stereocenters. The Labute approximate surface area is 57.4 Å². The monoisotopic (exact) mass is 130 g/mol. The summed E-state index contributed by atoms with van der Waals surface area (Å²) in [6.45, 7) is 8.43. The molecule has 0 aliphatic rings. The Morgan fingerprint density at radius 2 is 1.62 bits per heavy atom. The zero-order chi connectivity index (χ0) is 6.73. The molecule has 0 bridgehead atoms. The quantitative estimate of drug-likeness (QED) is 0.409. The van der Waals surface area contributed by atoms with E-state index in [2.05, 4.69) is 40.3 Å². The molecule has 0 aromatic carbocycles. The molecule has 48 valence electrons. The van der Waals surface area contributed by atoms with Crippen molar-refractivity contribution in [2.45, 2.75) is 32.9 Å². The molecule has 0 rings (SSSR count). The van der Waals surface area contributed by atoms with Crippen molar-refractivity contribution in [3.8, 4) is 0 Å². The first-order chi connectivity index (χ1) is 3.55. The lowest BCUT2D eigenvalue weighted by Crippen LogP contribution is -1.93. The molecule has 0 aliphatic heterocycles. The summed E-state index contributed by atoms with van der Waals surface area (Å²) >= 11 is 4.27. The van der Waals surface area contributed by atoms with Crippen molar-refractivity contribution < 1.29 is 0 Å². The minimum absolute atomic E-state index is 0.417. The summed E-state index contributed by atoms with van der Waals surface area (Å²) in [6, 6.07) is 0. The predicted octanol–water partition coefficient (Wildman–Crippen LogP) is 2.66. The van der Waals surface area contributed by atoms with Crippen LogP contribution in [0.3, 0.4) is 0 Å². The summed E-state index contributed by atoms with van der Waals surface area (Å²) in [5.74, 6) is 0. The number of rotatable bonds is 1. The standard InChI is InChI=1S/C7H14S/c1-5(2)6(3)7(4)8/h7-8H,1-4H3. The van der Waals surface area contributed by atoms with E-state index in [1.807, 2.05) is 0 Å². The van der Waals surface area contributed by atoms with Crippen molar-refractivity contribution in [1.82, 2.24) is 0 Å². The molecule has 0 aromatic heterocycles. The van der Waals surface area contributed by atoms with Gasteiger partial charge in [-0.3, -0.25) is 0 Å². The first kappa shape index (κ1) is 8.09. The van der Waals surface area contributed by atoms with Crippen LogP contribution in [0.5, 0.6) is 0 Å². The van der Waals surface area contributed by atoms with E-state index in [0.29, 0.717) is 5.25 Å². The van der Waals surface area contributed by atoms with Crippen molar-refractivity contribution in [2.75, 3.05) is 0 Å². The van der Waals surface area contributed by atoms with Crippen LogP contribution in [0.25, 0.3) is 0 Å². The van der Waals surface area contributed by atoms with Gasteiger partial charge in [0.05, 0.1) is 0 Å². The summed E-state index contributed by atoms with van der Waals surface area (Å²) in [4.78, 5) is 0. The fraction of sp³-hybridized carbons (Fsp3) is 0.714. The molecular formula is C7H14S. The number of hydrogen-bond acceptors (Lipinski definition) is 1. The van der Waals surface area contributed by atoms with Crippen LogP contribution in [0.15, 0.2) is 11.1 Å². The maximum atomic E-state index is 4.27. The van der Waals surface area contributed by atoms with E-state index in [1.54, 1.807) is 0 Å². The van der Waals surface area contributed by atoms with Crippen LogP contribution in [0.4, 0.5) is 0 Å². The van der Waals surface area contributed by atoms with E-state index in [1.165, 1.54) is 11.1 Å². The van der Waals surface area contributed by atoms with Crippen molar-refractivity contribution in [3.63, 3.8) is 0 Å². The molecule has 0 N–H and O–H groups in total. The summed E-state index contributed by atoms with van der Waals surface area (Å²) in [7, 11) is 0. The lowest BCUT2D eigenvalue weighted by atomic mass is 10.1. The molecule has 0 aliphatic carbocycles. The lowest BCUT2D eigenvalue weighted by Gasteiger charge is -2.04. The van der Waals surface area contributed by atoms with Gasteiger partial charge in [-0.15, -0.1) is 0 Å². The van der Waals surface area contributed by atoms with Crippen LogP contribution >= 0.6 is 12.6 Å². The molecule has 8 heavy (non-hydrogen) atoms. The van der Waals surface area contributed by atoms with E-state index in [9.17, 15) is 0 Å². The average Bonchev–Trinajstić information content (AvgIpc) is 1.64. The van der Waals surface area contributed by atoms with Gasteiger partial charge in [0.25, 0.3) is 0 Å². The molecule has 0 spiro atoms. The van der Waals surface area contributed by atoms with E-state index >= 15 is 0 Å². The maximum absolute atomic E-state index is 4.27. The molecule has 0 amide bonds. The van der Waals surface area contributed by atoms with Gasteiger partial charge in [0.15, 0.2) is 0 Å². The fourth-order valence-electron chi connectivity index (χ4n) is 0.418. The van der Waals surface area contributed by atoms with Crippen molar-refractivity contribution in [2.24, 2.45) is 0 Å². The topological polar surface area (TPSA) is 0 Å². The van der Waals surface area contributed by atoms with Crippen LogP contribution in [-0.4, -0.2) is 5.25 Å². The zero-order valence-electron chi connectivity index (χ0n) is 6.02. The third-order valence-corrected chi connectivity index (χ3v) is 1.80. The van der Waals surface area contributed by atoms with Crippen molar-refractivity contribution >= 4 is 12.6 Å². The number of allylic oxidation sites excluding steroid dienone is 1. The summed E-state index contributed by atoms with van der Waals surface area (Å²) in [6.07, 6.45) is 0. The maximum Gasteiger partial charge on any atom is 0.0197 e. The molecule has 0 saturated carbocycles. The normalized spacial score (nSPS) is 13.1. The van der Waals surface area contributed by atoms with Crippen LogP contribution < -0.4 is 0 Å². The smallest absolute Gasteiger partial charge is 0.0197 e. The van der Waals surface area contributed by atoms with Gasteiger partial charge in [0, 0.05) is 5.25 Å². The predicted molar refractivity (Wildman–Crippen MR) is 42.5 cm³/mol. The highest BCUT2D eigenvalue weighted by molar-refractivity contribution is 7.81. The number of thiol groups is 1. The second kappa shape index (κ2) is 3.18. The second-order valence-corrected chi connectivity index (χ2v) is 3.13. The fourth-order valence-corrected chi connectivity index (χ4v) is 0.676. The minimum Gasteiger partial charge on any atom is -0.172 e. The molecular weight excluding hydrogens is 116 g/mol. The zero-order valence-corrected chi connectivity index (χ0v) is 6.92. The van der Waals surface area contributed by atoms with Gasteiger partial charge in [-0.25, -0.2) is 0 Å². The molecule has 0 aromatic rings. The molecule has 1 unspecified atom stereocenters. The second-order valence-electron chi connectivity index (χ2n) is 2.36. The highest BCUT2D eigenvalue weighted by Crippen LogP contribution is 2.11. The van der Waals surface area contributed by atoms with Gasteiger partial charge < -0.3 is 0 Å². The van der Waals surface area contributed by atoms with Crippen LogP contribution in [0.2, 0.25) is 0 Å². The molecule has 0 nitrogen and oxygen atoms in total. The van der Waals surface area contributed by atoms with Gasteiger partial charge in [0.2, 0.25) is 0 Å². The van der Waals surface area contributed by atoms with Crippen LogP contribution in [-0.2, 0) is 0 Å². The Balaban J connectivity index is 4.00. The van der Waals surface area contributed by atoms with Crippen LogP contribution in [0, 0.1) is 0 Å².